The second-order valence-electron chi connectivity index (χ2n) is 5.09. The third kappa shape index (κ3) is 3.40. The maximum absolute atomic E-state index is 4.69. The average molecular weight is 249 g/mol. The van der Waals surface area contributed by atoms with Gasteiger partial charge in [0.05, 0.1) is 11.7 Å². The minimum Gasteiger partial charge on any atom is -0.373 e. The second-order valence-corrected chi connectivity index (χ2v) is 5.09. The third-order valence-corrected chi connectivity index (χ3v) is 3.15. The van der Waals surface area contributed by atoms with Gasteiger partial charge >= 0.3 is 0 Å². The Morgan fingerprint density at radius 2 is 2.22 bits per heavy atom. The molecule has 1 aromatic heterocycles. The van der Waals surface area contributed by atoms with Crippen LogP contribution in [0.4, 0.5) is 5.82 Å². The Kier molecular flexibility index (Phi) is 4.49. The molecule has 0 saturated carbocycles. The minimum atomic E-state index is 0.313. The van der Waals surface area contributed by atoms with E-state index in [-0.39, 0.29) is 0 Å². The zero-order valence-electron chi connectivity index (χ0n) is 11.5. The fourth-order valence-corrected chi connectivity index (χ4v) is 2.28. The molecule has 1 fully saturated rings. The van der Waals surface area contributed by atoms with Gasteiger partial charge in [0, 0.05) is 19.7 Å². The summed E-state index contributed by atoms with van der Waals surface area (Å²) >= 11 is 0. The lowest BCUT2D eigenvalue weighted by atomic mass is 10.0. The Balaban J connectivity index is 2.22. The molecule has 2 heterocycles. The number of aromatic nitrogens is 2. The van der Waals surface area contributed by atoms with Crippen molar-refractivity contribution < 1.29 is 0 Å². The Morgan fingerprint density at radius 3 is 2.83 bits per heavy atom. The van der Waals surface area contributed by atoms with Gasteiger partial charge in [0.1, 0.15) is 11.6 Å². The van der Waals surface area contributed by atoms with Crippen LogP contribution in [-0.2, 0) is 6.54 Å². The van der Waals surface area contributed by atoms with E-state index < -0.39 is 0 Å². The Labute approximate surface area is 109 Å². The van der Waals surface area contributed by atoms with Gasteiger partial charge in [-0.25, -0.2) is 9.97 Å². The number of nitrogens with one attached hydrogen (secondary N) is 2. The highest BCUT2D eigenvalue weighted by atomic mass is 15.1. The number of piperidine rings is 1. The summed E-state index contributed by atoms with van der Waals surface area (Å²) in [5.74, 6) is 1.84. The third-order valence-electron chi connectivity index (χ3n) is 3.15. The molecule has 0 spiro atoms. The highest BCUT2D eigenvalue weighted by molar-refractivity contribution is 5.35. The van der Waals surface area contributed by atoms with Crippen LogP contribution in [-0.4, -0.2) is 42.6 Å². The van der Waals surface area contributed by atoms with Gasteiger partial charge in [-0.3, -0.25) is 0 Å². The van der Waals surface area contributed by atoms with Crippen LogP contribution >= 0.6 is 0 Å². The summed E-state index contributed by atoms with van der Waals surface area (Å²) in [6, 6.07) is 2.33. The van der Waals surface area contributed by atoms with E-state index in [0.29, 0.717) is 6.04 Å². The van der Waals surface area contributed by atoms with Gasteiger partial charge < -0.3 is 15.5 Å². The van der Waals surface area contributed by atoms with E-state index in [0.717, 1.165) is 36.8 Å². The summed E-state index contributed by atoms with van der Waals surface area (Å²) in [6.45, 7) is 1.91. The molecule has 100 valence electrons. The molecule has 2 N–H and O–H groups in total. The molecular formula is C13H23N5. The molecule has 1 aliphatic rings. The zero-order valence-corrected chi connectivity index (χ0v) is 11.5. The van der Waals surface area contributed by atoms with Crippen molar-refractivity contribution in [3.05, 3.63) is 17.6 Å². The first-order valence-electron chi connectivity index (χ1n) is 6.63. The first-order valence-corrected chi connectivity index (χ1v) is 6.63. The van der Waals surface area contributed by atoms with Gasteiger partial charge in [-0.05, 0) is 33.5 Å². The highest BCUT2D eigenvalue weighted by Crippen LogP contribution is 2.21. The van der Waals surface area contributed by atoms with Crippen molar-refractivity contribution in [1.29, 1.82) is 0 Å². The van der Waals surface area contributed by atoms with Crippen LogP contribution in [0.5, 0.6) is 0 Å². The van der Waals surface area contributed by atoms with E-state index in [2.05, 4.69) is 39.6 Å². The predicted molar refractivity (Wildman–Crippen MR) is 73.6 cm³/mol. The molecule has 0 unspecified atom stereocenters. The molecule has 1 aliphatic heterocycles. The van der Waals surface area contributed by atoms with Crippen molar-refractivity contribution in [2.45, 2.75) is 31.8 Å². The van der Waals surface area contributed by atoms with Gasteiger partial charge in [-0.1, -0.05) is 6.42 Å². The fraction of sp³-hybridized carbons (Fsp3) is 0.692. The molecule has 18 heavy (non-hydrogen) atoms. The molecule has 2 rings (SSSR count). The summed E-state index contributed by atoms with van der Waals surface area (Å²) in [4.78, 5) is 11.4. The summed E-state index contributed by atoms with van der Waals surface area (Å²) < 4.78 is 0. The summed E-state index contributed by atoms with van der Waals surface area (Å²) in [6.07, 6.45) is 3.65. The lowest BCUT2D eigenvalue weighted by Gasteiger charge is -2.23. The zero-order chi connectivity index (χ0) is 13.0. The fourth-order valence-electron chi connectivity index (χ4n) is 2.28. The van der Waals surface area contributed by atoms with Gasteiger partial charge in [-0.15, -0.1) is 0 Å². The molecule has 1 atom stereocenters. The van der Waals surface area contributed by atoms with Crippen LogP contribution in [0.25, 0.3) is 0 Å². The first-order chi connectivity index (χ1) is 8.69. The first kappa shape index (κ1) is 13.2. The van der Waals surface area contributed by atoms with E-state index in [1.54, 1.807) is 0 Å². The van der Waals surface area contributed by atoms with Crippen molar-refractivity contribution in [1.82, 2.24) is 20.2 Å². The second kappa shape index (κ2) is 6.11. The van der Waals surface area contributed by atoms with Crippen LogP contribution in [0.15, 0.2) is 6.07 Å². The smallest absolute Gasteiger partial charge is 0.147 e. The van der Waals surface area contributed by atoms with E-state index in [1.165, 1.54) is 12.8 Å². The maximum atomic E-state index is 4.69. The van der Waals surface area contributed by atoms with Gasteiger partial charge in [0.25, 0.3) is 0 Å². The largest absolute Gasteiger partial charge is 0.373 e. The Hall–Kier alpha value is -1.20. The van der Waals surface area contributed by atoms with E-state index in [9.17, 15) is 0 Å². The molecule has 0 radical (unpaired) electrons. The molecule has 0 amide bonds. The monoisotopic (exact) mass is 249 g/mol. The van der Waals surface area contributed by atoms with Gasteiger partial charge in [-0.2, -0.15) is 0 Å². The van der Waals surface area contributed by atoms with Crippen LogP contribution in [0, 0.1) is 0 Å². The summed E-state index contributed by atoms with van der Waals surface area (Å²) in [5.41, 5.74) is 1.07. The number of hydrogen-bond acceptors (Lipinski definition) is 5. The molecule has 5 heteroatoms. The van der Waals surface area contributed by atoms with E-state index in [4.69, 9.17) is 0 Å². The standard InChI is InChI=1S/C13H23N5/c1-14-12-8-10(9-18(2)3)16-13(17-12)11-6-4-5-7-15-11/h8,11,15H,4-7,9H2,1-3H3,(H,14,16,17)/t11-/m1/s1. The molecule has 0 bridgehead atoms. The maximum Gasteiger partial charge on any atom is 0.147 e. The molecule has 5 nitrogen and oxygen atoms in total. The number of nitrogens with zero attached hydrogens (tertiary/aromatic N) is 3. The van der Waals surface area contributed by atoms with Crippen molar-refractivity contribution in [2.75, 3.05) is 33.0 Å². The van der Waals surface area contributed by atoms with Crippen LogP contribution in [0.2, 0.25) is 0 Å². The van der Waals surface area contributed by atoms with Crippen LogP contribution in [0.1, 0.15) is 36.8 Å². The number of hydrogen-bond donors (Lipinski definition) is 2. The molecule has 0 aliphatic carbocycles. The van der Waals surface area contributed by atoms with Crippen LogP contribution in [0.3, 0.4) is 0 Å². The average Bonchev–Trinajstić information content (AvgIpc) is 2.38. The Bertz CT molecular complexity index is 385. The highest BCUT2D eigenvalue weighted by Gasteiger charge is 2.18. The van der Waals surface area contributed by atoms with Gasteiger partial charge in [0.15, 0.2) is 0 Å². The van der Waals surface area contributed by atoms with E-state index in [1.807, 2.05) is 13.1 Å². The molecule has 0 aromatic carbocycles. The Morgan fingerprint density at radius 1 is 1.39 bits per heavy atom. The lowest BCUT2D eigenvalue weighted by Crippen LogP contribution is -2.29. The van der Waals surface area contributed by atoms with Crippen LogP contribution < -0.4 is 10.6 Å². The van der Waals surface area contributed by atoms with Crippen molar-refractivity contribution in [3.8, 4) is 0 Å². The normalized spacial score (nSPS) is 20.1. The summed E-state index contributed by atoms with van der Waals surface area (Å²) in [7, 11) is 6.01. The predicted octanol–water partition coefficient (Wildman–Crippen LogP) is 1.39. The lowest BCUT2D eigenvalue weighted by molar-refractivity contribution is 0.382. The topological polar surface area (TPSA) is 53.1 Å². The van der Waals surface area contributed by atoms with Crippen molar-refractivity contribution >= 4 is 5.82 Å². The molecule has 1 aromatic rings. The molecule has 1 saturated heterocycles. The minimum absolute atomic E-state index is 0.313. The molecular weight excluding hydrogens is 226 g/mol. The van der Waals surface area contributed by atoms with E-state index >= 15 is 0 Å². The van der Waals surface area contributed by atoms with Crippen molar-refractivity contribution in [3.63, 3.8) is 0 Å². The SMILES string of the molecule is CNc1cc(CN(C)C)nc([C@H]2CCCCN2)n1. The summed E-state index contributed by atoms with van der Waals surface area (Å²) in [5, 5.41) is 6.62. The van der Waals surface area contributed by atoms with Gasteiger partial charge in [0.2, 0.25) is 0 Å². The number of anilines is 1. The van der Waals surface area contributed by atoms with Crippen molar-refractivity contribution in [2.24, 2.45) is 0 Å². The number of rotatable bonds is 4. The quantitative estimate of drug-likeness (QED) is 0.844.